The number of rotatable bonds is 4. The van der Waals surface area contributed by atoms with Crippen molar-refractivity contribution in [2.45, 2.75) is 25.3 Å². The molecule has 0 radical (unpaired) electrons. The van der Waals surface area contributed by atoms with Crippen LogP contribution in [0.5, 0.6) is 0 Å². The summed E-state index contributed by atoms with van der Waals surface area (Å²) < 4.78 is 35.9. The zero-order valence-electron chi connectivity index (χ0n) is 10.5. The molecule has 0 bridgehead atoms. The molecule has 19 heavy (non-hydrogen) atoms. The molecule has 106 valence electrons. The monoisotopic (exact) mass is 305 g/mol. The molecule has 0 amide bonds. The van der Waals surface area contributed by atoms with E-state index in [2.05, 4.69) is 0 Å². The maximum atomic E-state index is 13.1. The third-order valence-electron chi connectivity index (χ3n) is 3.45. The number of hydrogen-bond acceptors (Lipinski definition) is 3. The number of sulfone groups is 1. The van der Waals surface area contributed by atoms with Gasteiger partial charge >= 0.3 is 0 Å². The Morgan fingerprint density at radius 2 is 2.21 bits per heavy atom. The average Bonchev–Trinajstić information content (AvgIpc) is 2.63. The largest absolute Gasteiger partial charge is 0.327 e. The van der Waals surface area contributed by atoms with E-state index in [1.54, 1.807) is 0 Å². The molecule has 1 aromatic rings. The van der Waals surface area contributed by atoms with E-state index >= 15 is 0 Å². The highest BCUT2D eigenvalue weighted by Gasteiger charge is 2.29. The van der Waals surface area contributed by atoms with E-state index in [1.807, 2.05) is 0 Å². The molecule has 2 atom stereocenters. The van der Waals surface area contributed by atoms with Gasteiger partial charge in [-0.25, -0.2) is 12.8 Å². The van der Waals surface area contributed by atoms with Crippen molar-refractivity contribution >= 4 is 21.4 Å². The molecule has 1 saturated heterocycles. The highest BCUT2D eigenvalue weighted by molar-refractivity contribution is 7.91. The summed E-state index contributed by atoms with van der Waals surface area (Å²) in [7, 11) is -2.87. The summed E-state index contributed by atoms with van der Waals surface area (Å²) in [5.41, 5.74) is 6.69. The van der Waals surface area contributed by atoms with Crippen LogP contribution in [0.4, 0.5) is 4.39 Å². The van der Waals surface area contributed by atoms with Crippen LogP contribution < -0.4 is 5.73 Å². The molecule has 1 heterocycles. The first kappa shape index (κ1) is 14.8. The fourth-order valence-electron chi connectivity index (χ4n) is 2.55. The Balaban J connectivity index is 1.94. The second kappa shape index (κ2) is 5.77. The van der Waals surface area contributed by atoms with E-state index in [0.717, 1.165) is 0 Å². The van der Waals surface area contributed by atoms with Gasteiger partial charge in [0, 0.05) is 11.1 Å². The van der Waals surface area contributed by atoms with Crippen LogP contribution in [-0.2, 0) is 16.3 Å². The number of halogens is 2. The van der Waals surface area contributed by atoms with Gasteiger partial charge in [0.1, 0.15) is 5.82 Å². The second-order valence-corrected chi connectivity index (χ2v) is 7.84. The molecule has 1 aliphatic heterocycles. The van der Waals surface area contributed by atoms with Gasteiger partial charge in [-0.1, -0.05) is 11.6 Å². The van der Waals surface area contributed by atoms with Crippen molar-refractivity contribution in [3.05, 3.63) is 34.6 Å². The lowest BCUT2D eigenvalue weighted by Gasteiger charge is -2.16. The Morgan fingerprint density at radius 1 is 1.47 bits per heavy atom. The van der Waals surface area contributed by atoms with Crippen LogP contribution in [0.2, 0.25) is 5.02 Å². The van der Waals surface area contributed by atoms with Crippen LogP contribution in [0.3, 0.4) is 0 Å². The highest BCUT2D eigenvalue weighted by atomic mass is 35.5. The normalized spacial score (nSPS) is 23.4. The van der Waals surface area contributed by atoms with Crippen LogP contribution in [0, 0.1) is 11.7 Å². The van der Waals surface area contributed by atoms with Crippen LogP contribution >= 0.6 is 11.6 Å². The Morgan fingerprint density at radius 3 is 2.84 bits per heavy atom. The fourth-order valence-corrected chi connectivity index (χ4v) is 4.63. The van der Waals surface area contributed by atoms with E-state index in [-0.39, 0.29) is 29.3 Å². The molecule has 0 aliphatic carbocycles. The molecule has 3 nitrogen and oxygen atoms in total. The molecule has 0 saturated carbocycles. The molecular weight excluding hydrogens is 289 g/mol. The van der Waals surface area contributed by atoms with Gasteiger partial charge in [-0.05, 0) is 48.9 Å². The minimum absolute atomic E-state index is 0.118. The van der Waals surface area contributed by atoms with Crippen molar-refractivity contribution in [1.82, 2.24) is 0 Å². The number of hydrogen-bond donors (Lipinski definition) is 1. The first-order chi connectivity index (χ1) is 8.85. The first-order valence-electron chi connectivity index (χ1n) is 6.25. The summed E-state index contributed by atoms with van der Waals surface area (Å²) in [6.45, 7) is 0. The fraction of sp³-hybridized carbons (Fsp3) is 0.538. The standard InChI is InChI=1S/C13H17ClFNO2S/c14-13-2-1-11(15)6-10(13)7-12(16)5-9-3-4-19(17,18)8-9/h1-2,6,9,12H,3-5,7-8,16H2. The van der Waals surface area contributed by atoms with E-state index in [1.165, 1.54) is 18.2 Å². The smallest absolute Gasteiger partial charge is 0.150 e. The molecule has 0 aromatic heterocycles. The quantitative estimate of drug-likeness (QED) is 0.927. The van der Waals surface area contributed by atoms with Gasteiger partial charge in [-0.2, -0.15) is 0 Å². The van der Waals surface area contributed by atoms with Crippen molar-refractivity contribution in [3.63, 3.8) is 0 Å². The zero-order chi connectivity index (χ0) is 14.0. The van der Waals surface area contributed by atoms with E-state index < -0.39 is 9.84 Å². The molecule has 2 unspecified atom stereocenters. The van der Waals surface area contributed by atoms with Crippen LogP contribution in [0.25, 0.3) is 0 Å². The molecule has 6 heteroatoms. The Labute approximate surface area is 117 Å². The summed E-state index contributed by atoms with van der Waals surface area (Å²) in [4.78, 5) is 0. The van der Waals surface area contributed by atoms with Gasteiger partial charge < -0.3 is 5.73 Å². The van der Waals surface area contributed by atoms with E-state index in [9.17, 15) is 12.8 Å². The molecule has 0 spiro atoms. The highest BCUT2D eigenvalue weighted by Crippen LogP contribution is 2.25. The predicted octanol–water partition coefficient (Wildman–Crippen LogP) is 2.17. The summed E-state index contributed by atoms with van der Waals surface area (Å²) in [5.74, 6) is 0.255. The van der Waals surface area contributed by atoms with Gasteiger partial charge in [-0.3, -0.25) is 0 Å². The summed E-state index contributed by atoms with van der Waals surface area (Å²) in [6.07, 6.45) is 1.77. The summed E-state index contributed by atoms with van der Waals surface area (Å²) in [6, 6.07) is 4.01. The van der Waals surface area contributed by atoms with Crippen LogP contribution in [0.15, 0.2) is 18.2 Å². The Hall–Kier alpha value is -0.650. The zero-order valence-corrected chi connectivity index (χ0v) is 12.1. The van der Waals surface area contributed by atoms with Crippen molar-refractivity contribution in [3.8, 4) is 0 Å². The van der Waals surface area contributed by atoms with Gasteiger partial charge in [0.15, 0.2) is 9.84 Å². The number of benzene rings is 1. The minimum atomic E-state index is -2.87. The van der Waals surface area contributed by atoms with Crippen molar-refractivity contribution in [2.24, 2.45) is 11.7 Å². The summed E-state index contributed by atoms with van der Waals surface area (Å²) in [5, 5.41) is 0.496. The van der Waals surface area contributed by atoms with Crippen LogP contribution in [0.1, 0.15) is 18.4 Å². The van der Waals surface area contributed by atoms with Crippen molar-refractivity contribution in [1.29, 1.82) is 0 Å². The lowest BCUT2D eigenvalue weighted by Crippen LogP contribution is -2.26. The van der Waals surface area contributed by atoms with Gasteiger partial charge in [0.05, 0.1) is 11.5 Å². The molecule has 1 aliphatic rings. The minimum Gasteiger partial charge on any atom is -0.327 e. The Bertz CT molecular complexity index is 562. The third kappa shape index (κ3) is 4.16. The molecule has 1 aromatic carbocycles. The van der Waals surface area contributed by atoms with E-state index in [4.69, 9.17) is 17.3 Å². The first-order valence-corrected chi connectivity index (χ1v) is 8.45. The SMILES string of the molecule is NC(Cc1cc(F)ccc1Cl)CC1CCS(=O)(=O)C1. The lowest BCUT2D eigenvalue weighted by molar-refractivity contribution is 0.468. The van der Waals surface area contributed by atoms with Gasteiger partial charge in [0.2, 0.25) is 0 Å². The topological polar surface area (TPSA) is 60.2 Å². The van der Waals surface area contributed by atoms with Crippen molar-refractivity contribution < 1.29 is 12.8 Å². The van der Waals surface area contributed by atoms with Gasteiger partial charge in [-0.15, -0.1) is 0 Å². The average molecular weight is 306 g/mol. The van der Waals surface area contributed by atoms with Crippen molar-refractivity contribution in [2.75, 3.05) is 11.5 Å². The lowest BCUT2D eigenvalue weighted by atomic mass is 9.95. The summed E-state index contributed by atoms with van der Waals surface area (Å²) >= 11 is 5.98. The van der Waals surface area contributed by atoms with Gasteiger partial charge in [0.25, 0.3) is 0 Å². The molecule has 2 rings (SSSR count). The second-order valence-electron chi connectivity index (χ2n) is 5.20. The number of nitrogens with two attached hydrogens (primary N) is 1. The van der Waals surface area contributed by atoms with E-state index in [0.29, 0.717) is 29.8 Å². The predicted molar refractivity (Wildman–Crippen MR) is 74.5 cm³/mol. The molecular formula is C13H17ClFNO2S. The maximum Gasteiger partial charge on any atom is 0.150 e. The maximum absolute atomic E-state index is 13.1. The van der Waals surface area contributed by atoms with Crippen LogP contribution in [-0.4, -0.2) is 26.0 Å². The third-order valence-corrected chi connectivity index (χ3v) is 5.66. The molecule has 2 N–H and O–H groups in total. The Kier molecular flexibility index (Phi) is 4.48. The molecule has 1 fully saturated rings.